The highest BCUT2D eigenvalue weighted by atomic mass is 16.6. The van der Waals surface area contributed by atoms with Gasteiger partial charge in [0.15, 0.2) is 0 Å². The average Bonchev–Trinajstić information content (AvgIpc) is 2.38. The Bertz CT molecular complexity index is 526. The van der Waals surface area contributed by atoms with Crippen molar-refractivity contribution in [1.29, 1.82) is 5.26 Å². The van der Waals surface area contributed by atoms with Crippen LogP contribution in [0, 0.1) is 33.8 Å². The first-order valence-electron chi connectivity index (χ1n) is 5.50. The van der Waals surface area contributed by atoms with Gasteiger partial charge in [-0.25, -0.2) is 0 Å². The van der Waals surface area contributed by atoms with Crippen LogP contribution in [0.5, 0.6) is 0 Å². The molecule has 18 heavy (non-hydrogen) atoms. The summed E-state index contributed by atoms with van der Waals surface area (Å²) in [7, 11) is 0. The Labute approximate surface area is 106 Å². The molecule has 0 saturated carbocycles. The third-order valence-electron chi connectivity index (χ3n) is 2.54. The van der Waals surface area contributed by atoms with Gasteiger partial charge in [0.25, 0.3) is 5.69 Å². The van der Waals surface area contributed by atoms with Gasteiger partial charge in [0, 0.05) is 18.5 Å². The molecule has 1 aromatic carbocycles. The molecular formula is C13H13N3O2. The number of hydrogen-bond acceptors (Lipinski definition) is 4. The molecule has 1 rings (SSSR count). The third-order valence-corrected chi connectivity index (χ3v) is 2.54. The van der Waals surface area contributed by atoms with Gasteiger partial charge in [-0.15, -0.1) is 12.3 Å². The van der Waals surface area contributed by atoms with Crippen LogP contribution in [-0.4, -0.2) is 11.0 Å². The highest BCUT2D eigenvalue weighted by Crippen LogP contribution is 2.26. The minimum Gasteiger partial charge on any atom is -0.376 e. The predicted molar refractivity (Wildman–Crippen MR) is 69.0 cm³/mol. The number of hydrogen-bond donors (Lipinski definition) is 1. The van der Waals surface area contributed by atoms with E-state index < -0.39 is 4.92 Å². The molecule has 0 bridgehead atoms. The number of nitrogens with zero attached hydrogens (tertiary/aromatic N) is 2. The van der Waals surface area contributed by atoms with Crippen molar-refractivity contribution in [2.24, 2.45) is 0 Å². The molecule has 0 spiro atoms. The fraction of sp³-hybridized carbons (Fsp3) is 0.308. The molecule has 0 radical (unpaired) electrons. The Morgan fingerprint density at radius 2 is 2.33 bits per heavy atom. The van der Waals surface area contributed by atoms with Crippen molar-refractivity contribution in [3.05, 3.63) is 33.9 Å². The van der Waals surface area contributed by atoms with Crippen LogP contribution in [0.1, 0.15) is 25.3 Å². The van der Waals surface area contributed by atoms with Gasteiger partial charge in [0.1, 0.15) is 5.69 Å². The van der Waals surface area contributed by atoms with E-state index in [-0.39, 0.29) is 17.3 Å². The molecular weight excluding hydrogens is 230 g/mol. The van der Waals surface area contributed by atoms with Crippen molar-refractivity contribution < 1.29 is 4.92 Å². The van der Waals surface area contributed by atoms with Crippen molar-refractivity contribution >= 4 is 11.4 Å². The van der Waals surface area contributed by atoms with Gasteiger partial charge in [-0.05, 0) is 18.6 Å². The fourth-order valence-electron chi connectivity index (χ4n) is 1.53. The lowest BCUT2D eigenvalue weighted by atomic mass is 10.1. The van der Waals surface area contributed by atoms with Crippen molar-refractivity contribution in [2.45, 2.75) is 25.8 Å². The highest BCUT2D eigenvalue weighted by Gasteiger charge is 2.16. The summed E-state index contributed by atoms with van der Waals surface area (Å²) < 4.78 is 0. The van der Waals surface area contributed by atoms with E-state index >= 15 is 0 Å². The SMILES string of the molecule is C#CCC(CC)Nc1ccc(C#N)cc1[N+](=O)[O-]. The first-order valence-corrected chi connectivity index (χ1v) is 5.50. The van der Waals surface area contributed by atoms with Crippen molar-refractivity contribution in [1.82, 2.24) is 0 Å². The number of rotatable bonds is 5. The van der Waals surface area contributed by atoms with Crippen LogP contribution in [-0.2, 0) is 0 Å². The summed E-state index contributed by atoms with van der Waals surface area (Å²) in [5, 5.41) is 22.7. The zero-order chi connectivity index (χ0) is 13.5. The van der Waals surface area contributed by atoms with Crippen molar-refractivity contribution in [2.75, 3.05) is 5.32 Å². The Morgan fingerprint density at radius 3 is 2.83 bits per heavy atom. The number of benzene rings is 1. The standard InChI is InChI=1S/C13H13N3O2/c1-3-5-11(4-2)15-12-7-6-10(9-14)8-13(12)16(17)18/h1,6-8,11,15H,4-5H2,2H3. The van der Waals surface area contributed by atoms with Gasteiger partial charge in [0.2, 0.25) is 0 Å². The van der Waals surface area contributed by atoms with Crippen LogP contribution >= 0.6 is 0 Å². The lowest BCUT2D eigenvalue weighted by Gasteiger charge is -2.15. The number of nitriles is 1. The summed E-state index contributed by atoms with van der Waals surface area (Å²) in [6, 6.07) is 6.20. The zero-order valence-corrected chi connectivity index (χ0v) is 10.0. The van der Waals surface area contributed by atoms with Crippen LogP contribution in [0.25, 0.3) is 0 Å². The van der Waals surface area contributed by atoms with Crippen LogP contribution in [0.3, 0.4) is 0 Å². The molecule has 92 valence electrons. The fourth-order valence-corrected chi connectivity index (χ4v) is 1.53. The number of nitrogens with one attached hydrogen (secondary N) is 1. The molecule has 0 amide bonds. The van der Waals surface area contributed by atoms with E-state index in [1.807, 2.05) is 13.0 Å². The molecule has 5 heteroatoms. The van der Waals surface area contributed by atoms with Gasteiger partial charge in [-0.2, -0.15) is 5.26 Å². The summed E-state index contributed by atoms with van der Waals surface area (Å²) in [5.74, 6) is 2.53. The maximum Gasteiger partial charge on any atom is 0.293 e. The van der Waals surface area contributed by atoms with Crippen LogP contribution < -0.4 is 5.32 Å². The molecule has 1 unspecified atom stereocenters. The highest BCUT2D eigenvalue weighted by molar-refractivity contribution is 5.64. The lowest BCUT2D eigenvalue weighted by molar-refractivity contribution is -0.384. The summed E-state index contributed by atoms with van der Waals surface area (Å²) in [6.07, 6.45) is 6.49. The van der Waals surface area contributed by atoms with Gasteiger partial charge in [-0.1, -0.05) is 6.92 Å². The van der Waals surface area contributed by atoms with Gasteiger partial charge in [-0.3, -0.25) is 10.1 Å². The number of nitro benzene ring substituents is 1. The van der Waals surface area contributed by atoms with Gasteiger partial charge < -0.3 is 5.32 Å². The van der Waals surface area contributed by atoms with E-state index in [9.17, 15) is 10.1 Å². The summed E-state index contributed by atoms with van der Waals surface area (Å²) in [4.78, 5) is 10.4. The molecule has 0 aliphatic rings. The Hall–Kier alpha value is -2.53. The molecule has 0 aromatic heterocycles. The normalized spacial score (nSPS) is 11.1. The molecule has 5 nitrogen and oxygen atoms in total. The summed E-state index contributed by atoms with van der Waals surface area (Å²) >= 11 is 0. The second-order valence-corrected chi connectivity index (χ2v) is 3.76. The molecule has 1 aromatic rings. The molecule has 1 N–H and O–H groups in total. The Kier molecular flexibility index (Phi) is 4.71. The van der Waals surface area contributed by atoms with Crippen LogP contribution in [0.4, 0.5) is 11.4 Å². The van der Waals surface area contributed by atoms with Crippen LogP contribution in [0.2, 0.25) is 0 Å². The number of nitro groups is 1. The van der Waals surface area contributed by atoms with E-state index in [0.717, 1.165) is 6.42 Å². The number of anilines is 1. The third kappa shape index (κ3) is 3.23. The largest absolute Gasteiger partial charge is 0.376 e. The molecule has 0 aliphatic heterocycles. The maximum absolute atomic E-state index is 10.9. The second-order valence-electron chi connectivity index (χ2n) is 3.76. The smallest absolute Gasteiger partial charge is 0.293 e. The van der Waals surface area contributed by atoms with Gasteiger partial charge in [0.05, 0.1) is 16.6 Å². The minimum absolute atomic E-state index is 0.0124. The molecule has 0 fully saturated rings. The predicted octanol–water partition coefficient (Wildman–Crippen LogP) is 2.68. The molecule has 0 saturated heterocycles. The van der Waals surface area contributed by atoms with E-state index in [4.69, 9.17) is 11.7 Å². The first-order chi connectivity index (χ1) is 8.62. The molecule has 0 heterocycles. The van der Waals surface area contributed by atoms with E-state index in [0.29, 0.717) is 12.1 Å². The van der Waals surface area contributed by atoms with E-state index in [2.05, 4.69) is 11.2 Å². The topological polar surface area (TPSA) is 79.0 Å². The summed E-state index contributed by atoms with van der Waals surface area (Å²) in [5.41, 5.74) is 0.544. The van der Waals surface area contributed by atoms with E-state index in [1.54, 1.807) is 0 Å². The maximum atomic E-state index is 10.9. The quantitative estimate of drug-likeness (QED) is 0.490. The Balaban J connectivity index is 3.05. The minimum atomic E-state index is -0.508. The first kappa shape index (κ1) is 13.5. The number of terminal acetylenes is 1. The average molecular weight is 243 g/mol. The van der Waals surface area contributed by atoms with Gasteiger partial charge >= 0.3 is 0 Å². The zero-order valence-electron chi connectivity index (χ0n) is 10.0. The molecule has 0 aliphatic carbocycles. The lowest BCUT2D eigenvalue weighted by Crippen LogP contribution is -2.18. The second kappa shape index (κ2) is 6.27. The van der Waals surface area contributed by atoms with Crippen LogP contribution in [0.15, 0.2) is 18.2 Å². The van der Waals surface area contributed by atoms with Crippen molar-refractivity contribution in [3.63, 3.8) is 0 Å². The van der Waals surface area contributed by atoms with E-state index in [1.165, 1.54) is 18.2 Å². The monoisotopic (exact) mass is 243 g/mol. The summed E-state index contributed by atoms with van der Waals surface area (Å²) in [6.45, 7) is 1.95. The Morgan fingerprint density at radius 1 is 1.61 bits per heavy atom. The molecule has 1 atom stereocenters. The van der Waals surface area contributed by atoms with Crippen molar-refractivity contribution in [3.8, 4) is 18.4 Å².